The van der Waals surface area contributed by atoms with E-state index in [0.29, 0.717) is 18.7 Å². The van der Waals surface area contributed by atoms with E-state index in [1.165, 1.54) is 10.4 Å². The van der Waals surface area contributed by atoms with E-state index >= 15 is 0 Å². The van der Waals surface area contributed by atoms with Gasteiger partial charge in [0.25, 0.3) is 5.91 Å². The molecule has 1 N–H and O–H groups in total. The van der Waals surface area contributed by atoms with E-state index in [4.69, 9.17) is 4.98 Å². The van der Waals surface area contributed by atoms with Gasteiger partial charge in [-0.2, -0.15) is 0 Å². The van der Waals surface area contributed by atoms with Crippen LogP contribution in [-0.2, 0) is 13.1 Å². The number of rotatable bonds is 8. The number of hydrogen-bond acceptors (Lipinski definition) is 4. The van der Waals surface area contributed by atoms with Crippen LogP contribution in [0.5, 0.6) is 0 Å². The molecule has 168 valence electrons. The predicted octanol–water partition coefficient (Wildman–Crippen LogP) is 6.84. The Hall–Kier alpha value is -2.96. The lowest BCUT2D eigenvalue weighted by molar-refractivity contribution is 0.0956. The number of carbonyl (C=O) groups excluding carboxylic acids is 1. The van der Waals surface area contributed by atoms with E-state index in [9.17, 15) is 4.79 Å². The van der Waals surface area contributed by atoms with Crippen molar-refractivity contribution >= 4 is 38.3 Å². The highest BCUT2D eigenvalue weighted by molar-refractivity contribution is 9.10. The van der Waals surface area contributed by atoms with Crippen LogP contribution in [0.2, 0.25) is 0 Å². The first-order valence-corrected chi connectivity index (χ1v) is 12.5. The maximum absolute atomic E-state index is 12.1. The Morgan fingerprint density at radius 1 is 0.970 bits per heavy atom. The van der Waals surface area contributed by atoms with Crippen LogP contribution in [0.15, 0.2) is 83.3 Å². The molecule has 0 aliphatic carbocycles. The Balaban J connectivity index is 1.64. The van der Waals surface area contributed by atoms with Crippen molar-refractivity contribution in [2.24, 2.45) is 0 Å². The van der Waals surface area contributed by atoms with Crippen LogP contribution in [-0.4, -0.2) is 17.4 Å². The highest BCUT2D eigenvalue weighted by atomic mass is 79.9. The van der Waals surface area contributed by atoms with Crippen molar-refractivity contribution in [1.29, 1.82) is 0 Å². The Morgan fingerprint density at radius 2 is 1.67 bits per heavy atom. The largest absolute Gasteiger partial charge is 0.352 e. The monoisotopic (exact) mass is 519 g/mol. The quantitative estimate of drug-likeness (QED) is 0.277. The maximum atomic E-state index is 12.1. The molecule has 0 aliphatic heterocycles. The molecule has 1 aromatic heterocycles. The molecule has 4 rings (SSSR count). The topological polar surface area (TPSA) is 45.2 Å². The molecule has 0 aliphatic rings. The molecule has 0 fully saturated rings. The average Bonchev–Trinajstić information content (AvgIpc) is 3.23. The summed E-state index contributed by atoms with van der Waals surface area (Å²) >= 11 is 5.40. The molecule has 6 heteroatoms. The highest BCUT2D eigenvalue weighted by Gasteiger charge is 2.17. The molecule has 0 saturated carbocycles. The van der Waals surface area contributed by atoms with Crippen molar-refractivity contribution in [3.63, 3.8) is 0 Å². The van der Waals surface area contributed by atoms with E-state index in [0.717, 1.165) is 33.0 Å². The summed E-state index contributed by atoms with van der Waals surface area (Å²) in [7, 11) is 0. The summed E-state index contributed by atoms with van der Waals surface area (Å²) in [5, 5.41) is 3.83. The first-order chi connectivity index (χ1) is 16.0. The third-order valence-electron chi connectivity index (χ3n) is 5.35. The first-order valence-electron chi connectivity index (χ1n) is 10.9. The van der Waals surface area contributed by atoms with Gasteiger partial charge in [-0.25, -0.2) is 4.98 Å². The molecular weight excluding hydrogens is 494 g/mol. The Kier molecular flexibility index (Phi) is 7.57. The first kappa shape index (κ1) is 23.2. The second-order valence-electron chi connectivity index (χ2n) is 7.77. The van der Waals surface area contributed by atoms with Crippen molar-refractivity contribution < 1.29 is 4.79 Å². The molecule has 1 amide bonds. The van der Waals surface area contributed by atoms with Crippen molar-refractivity contribution in [2.75, 3.05) is 11.4 Å². The van der Waals surface area contributed by atoms with E-state index in [1.807, 2.05) is 55.5 Å². The summed E-state index contributed by atoms with van der Waals surface area (Å²) in [5.74, 6) is -0.0443. The van der Waals surface area contributed by atoms with Crippen LogP contribution >= 0.6 is 27.3 Å². The molecule has 0 bridgehead atoms. The van der Waals surface area contributed by atoms with Gasteiger partial charge in [-0.05, 0) is 43.2 Å². The van der Waals surface area contributed by atoms with Crippen molar-refractivity contribution in [1.82, 2.24) is 10.3 Å². The zero-order chi connectivity index (χ0) is 23.2. The average molecular weight is 520 g/mol. The number of benzene rings is 3. The Labute approximate surface area is 207 Å². The van der Waals surface area contributed by atoms with Gasteiger partial charge in [0.05, 0.1) is 5.69 Å². The fraction of sp³-hybridized carbons (Fsp3) is 0.185. The number of amides is 1. The molecule has 1 heterocycles. The van der Waals surface area contributed by atoms with Crippen LogP contribution in [0.4, 0.5) is 5.13 Å². The number of carbonyl (C=O) groups is 1. The summed E-state index contributed by atoms with van der Waals surface area (Å²) in [4.78, 5) is 20.6. The third kappa shape index (κ3) is 5.70. The number of nitrogens with one attached hydrogen (secondary N) is 1. The van der Waals surface area contributed by atoms with E-state index in [2.05, 4.69) is 63.4 Å². The maximum Gasteiger partial charge on any atom is 0.251 e. The SMILES string of the molecule is CCNC(=O)c1ccc(CN(Cc2ccccc2Br)c2nc(-c3ccccc3)c(C)s2)cc1. The van der Waals surface area contributed by atoms with Crippen molar-refractivity contribution in [2.45, 2.75) is 26.9 Å². The van der Waals surface area contributed by atoms with E-state index in [-0.39, 0.29) is 5.91 Å². The Morgan fingerprint density at radius 3 is 2.36 bits per heavy atom. The number of halogens is 1. The number of anilines is 1. The molecule has 4 nitrogen and oxygen atoms in total. The summed E-state index contributed by atoms with van der Waals surface area (Å²) in [5.41, 5.74) is 5.16. The van der Waals surface area contributed by atoms with Gasteiger partial charge in [-0.1, -0.05) is 76.6 Å². The fourth-order valence-corrected chi connectivity index (χ4v) is 4.99. The normalized spacial score (nSPS) is 10.8. The molecule has 0 saturated heterocycles. The highest BCUT2D eigenvalue weighted by Crippen LogP contribution is 2.34. The standard InChI is InChI=1S/C27H26BrN3OS/c1-3-29-26(32)22-15-13-20(14-16-22)17-31(18-23-11-7-8-12-24(23)28)27-30-25(19(2)33-27)21-9-5-4-6-10-21/h4-16H,3,17-18H2,1-2H3,(H,29,32). The van der Waals surface area contributed by atoms with Gasteiger partial charge in [-0.3, -0.25) is 4.79 Å². The second kappa shape index (κ2) is 10.8. The molecular formula is C27H26BrN3OS. The molecule has 4 aromatic rings. The van der Waals surface area contributed by atoms with Crippen LogP contribution in [0, 0.1) is 6.92 Å². The minimum Gasteiger partial charge on any atom is -0.352 e. The number of aryl methyl sites for hydroxylation is 1. The minimum atomic E-state index is -0.0443. The Bertz CT molecular complexity index is 1220. The van der Waals surface area contributed by atoms with Gasteiger partial charge >= 0.3 is 0 Å². The molecule has 0 unspecified atom stereocenters. The smallest absolute Gasteiger partial charge is 0.251 e. The zero-order valence-corrected chi connectivity index (χ0v) is 21.1. The van der Waals surface area contributed by atoms with Gasteiger partial charge in [0.2, 0.25) is 0 Å². The second-order valence-corrected chi connectivity index (χ2v) is 9.81. The number of thiazole rings is 1. The van der Waals surface area contributed by atoms with Crippen LogP contribution in [0.3, 0.4) is 0 Å². The van der Waals surface area contributed by atoms with Crippen molar-refractivity contribution in [3.05, 3.63) is 105 Å². The summed E-state index contributed by atoms with van der Waals surface area (Å²) in [6, 6.07) is 26.4. The van der Waals surface area contributed by atoms with Crippen LogP contribution in [0.25, 0.3) is 11.3 Å². The van der Waals surface area contributed by atoms with E-state index < -0.39 is 0 Å². The molecule has 0 spiro atoms. The number of hydrogen-bond donors (Lipinski definition) is 1. The third-order valence-corrected chi connectivity index (χ3v) is 7.15. The zero-order valence-electron chi connectivity index (χ0n) is 18.7. The summed E-state index contributed by atoms with van der Waals surface area (Å²) in [6.07, 6.45) is 0. The van der Waals surface area contributed by atoms with Gasteiger partial charge in [0.15, 0.2) is 5.13 Å². The molecule has 3 aromatic carbocycles. The van der Waals surface area contributed by atoms with Gasteiger partial charge in [0.1, 0.15) is 0 Å². The van der Waals surface area contributed by atoms with Gasteiger partial charge in [0, 0.05) is 40.1 Å². The molecule has 0 atom stereocenters. The minimum absolute atomic E-state index is 0.0443. The summed E-state index contributed by atoms with van der Waals surface area (Å²) in [6.45, 7) is 6.08. The van der Waals surface area contributed by atoms with Crippen LogP contribution < -0.4 is 10.2 Å². The van der Waals surface area contributed by atoms with Crippen LogP contribution in [0.1, 0.15) is 33.3 Å². The molecule has 33 heavy (non-hydrogen) atoms. The van der Waals surface area contributed by atoms with Crippen molar-refractivity contribution in [3.8, 4) is 11.3 Å². The summed E-state index contributed by atoms with van der Waals surface area (Å²) < 4.78 is 1.08. The number of nitrogens with zero attached hydrogens (tertiary/aromatic N) is 2. The predicted molar refractivity (Wildman–Crippen MR) is 141 cm³/mol. The lowest BCUT2D eigenvalue weighted by Crippen LogP contribution is -2.23. The lowest BCUT2D eigenvalue weighted by atomic mass is 10.1. The van der Waals surface area contributed by atoms with E-state index in [1.54, 1.807) is 11.3 Å². The number of aromatic nitrogens is 1. The fourth-order valence-electron chi connectivity index (χ4n) is 3.65. The molecule has 0 radical (unpaired) electrons. The van der Waals surface area contributed by atoms with Gasteiger partial charge < -0.3 is 10.2 Å². The lowest BCUT2D eigenvalue weighted by Gasteiger charge is -2.23. The van der Waals surface area contributed by atoms with Gasteiger partial charge in [-0.15, -0.1) is 11.3 Å².